The lowest BCUT2D eigenvalue weighted by Gasteiger charge is -2.34. The molecule has 4 heterocycles. The van der Waals surface area contributed by atoms with Crippen LogP contribution in [0.25, 0.3) is 0 Å². The molecule has 0 bridgehead atoms. The molecule has 0 saturated carbocycles. The van der Waals surface area contributed by atoms with Gasteiger partial charge in [-0.1, -0.05) is 0 Å². The number of nitrogens with zero attached hydrogens (tertiary/aromatic N) is 6. The molecule has 9 heteroatoms. The van der Waals surface area contributed by atoms with Crippen molar-refractivity contribution in [2.75, 3.05) is 57.3 Å². The lowest BCUT2D eigenvalue weighted by Crippen LogP contribution is -2.47. The first-order valence-electron chi connectivity index (χ1n) is 10.6. The minimum absolute atomic E-state index is 0.0847. The number of anilines is 1. The van der Waals surface area contributed by atoms with Crippen molar-refractivity contribution in [3.8, 4) is 0 Å². The number of carbonyl (C=O) groups is 1. The highest BCUT2D eigenvalue weighted by molar-refractivity contribution is 5.92. The maximum Gasteiger partial charge on any atom is 0.271 e. The molecule has 2 aromatic rings. The molecule has 4 rings (SSSR count). The number of carbonyl (C=O) groups excluding carboxylic acids is 1. The molecule has 29 heavy (non-hydrogen) atoms. The van der Waals surface area contributed by atoms with Crippen LogP contribution in [0, 0.1) is 0 Å². The van der Waals surface area contributed by atoms with Gasteiger partial charge in [0.2, 0.25) is 5.95 Å². The van der Waals surface area contributed by atoms with Crippen molar-refractivity contribution in [1.29, 1.82) is 0 Å². The maximum atomic E-state index is 12.4. The van der Waals surface area contributed by atoms with Gasteiger partial charge in [-0.3, -0.25) is 14.4 Å². The molecule has 2 aromatic heterocycles. The van der Waals surface area contributed by atoms with Crippen LogP contribution in [0.1, 0.15) is 35.8 Å². The van der Waals surface area contributed by atoms with Crippen molar-refractivity contribution < 1.29 is 4.79 Å². The minimum atomic E-state index is -0.0847. The highest BCUT2D eigenvalue weighted by atomic mass is 16.1. The summed E-state index contributed by atoms with van der Waals surface area (Å²) in [6, 6.07) is 4.01. The Hall–Kier alpha value is -2.52. The second-order valence-corrected chi connectivity index (χ2v) is 7.67. The van der Waals surface area contributed by atoms with Gasteiger partial charge in [0.05, 0.1) is 6.04 Å². The van der Waals surface area contributed by atoms with E-state index < -0.39 is 0 Å². The average Bonchev–Trinajstić information content (AvgIpc) is 3.29. The number of nitrogens with one attached hydrogen (secondary N) is 2. The van der Waals surface area contributed by atoms with Gasteiger partial charge < -0.3 is 15.5 Å². The number of piperidine rings is 1. The molecule has 0 radical (unpaired) electrons. The number of amides is 1. The first-order chi connectivity index (χ1) is 14.3. The normalized spacial score (nSPS) is 20.6. The van der Waals surface area contributed by atoms with Gasteiger partial charge in [0.25, 0.3) is 5.91 Å². The molecule has 2 aliphatic rings. The van der Waals surface area contributed by atoms with Crippen molar-refractivity contribution >= 4 is 11.9 Å². The van der Waals surface area contributed by atoms with Crippen LogP contribution in [-0.2, 0) is 0 Å². The van der Waals surface area contributed by atoms with Crippen molar-refractivity contribution in [2.24, 2.45) is 0 Å². The van der Waals surface area contributed by atoms with E-state index in [1.165, 1.54) is 0 Å². The van der Waals surface area contributed by atoms with Crippen molar-refractivity contribution in [3.05, 3.63) is 36.4 Å². The molecule has 1 atom stereocenters. The number of piperazine rings is 1. The van der Waals surface area contributed by atoms with E-state index in [1.54, 1.807) is 12.4 Å². The Balaban J connectivity index is 1.14. The number of hydrogen-bond donors (Lipinski definition) is 2. The first-order valence-corrected chi connectivity index (χ1v) is 10.6. The third-order valence-electron chi connectivity index (χ3n) is 5.63. The van der Waals surface area contributed by atoms with Crippen LogP contribution in [0.4, 0.5) is 5.95 Å². The highest BCUT2D eigenvalue weighted by Crippen LogP contribution is 2.15. The molecule has 2 aliphatic heterocycles. The number of aromatic nitrogens is 4. The molecule has 0 spiro atoms. The molecule has 9 nitrogen and oxygen atoms in total. The Morgan fingerprint density at radius 3 is 2.79 bits per heavy atom. The standard InChI is InChI=1S/C20H30N8O/c29-19(18-5-11-28(25-18)17-4-1-6-21-16-17)22-9-3-10-26-12-14-27(15-13-26)20-23-7-2-8-24-20/h2,5,7-8,11,17,21H,1,3-4,6,9-10,12-16H2,(H,22,29). The summed E-state index contributed by atoms with van der Waals surface area (Å²) >= 11 is 0. The highest BCUT2D eigenvalue weighted by Gasteiger charge is 2.19. The second kappa shape index (κ2) is 9.80. The van der Waals surface area contributed by atoms with E-state index in [2.05, 4.69) is 35.5 Å². The zero-order valence-corrected chi connectivity index (χ0v) is 16.8. The number of hydrogen-bond acceptors (Lipinski definition) is 7. The smallest absolute Gasteiger partial charge is 0.271 e. The predicted octanol–water partition coefficient (Wildman–Crippen LogP) is 0.540. The lowest BCUT2D eigenvalue weighted by molar-refractivity contribution is 0.0945. The van der Waals surface area contributed by atoms with Crippen molar-refractivity contribution in [2.45, 2.75) is 25.3 Å². The molecule has 0 aliphatic carbocycles. The van der Waals surface area contributed by atoms with E-state index in [1.807, 2.05) is 23.0 Å². The van der Waals surface area contributed by atoms with Crippen LogP contribution in [0.5, 0.6) is 0 Å². The van der Waals surface area contributed by atoms with E-state index in [0.717, 1.165) is 71.0 Å². The Morgan fingerprint density at radius 2 is 2.03 bits per heavy atom. The zero-order valence-electron chi connectivity index (χ0n) is 16.8. The molecule has 2 fully saturated rings. The number of rotatable bonds is 7. The maximum absolute atomic E-state index is 12.4. The SMILES string of the molecule is O=C(NCCCN1CCN(c2ncccn2)CC1)c1ccn(C2CCCNC2)n1. The Kier molecular flexibility index (Phi) is 6.68. The van der Waals surface area contributed by atoms with Gasteiger partial charge in [0.1, 0.15) is 5.69 Å². The molecule has 0 aromatic carbocycles. The summed E-state index contributed by atoms with van der Waals surface area (Å²) in [7, 11) is 0. The summed E-state index contributed by atoms with van der Waals surface area (Å²) < 4.78 is 1.93. The summed E-state index contributed by atoms with van der Waals surface area (Å²) in [6.45, 7) is 7.49. The van der Waals surface area contributed by atoms with Crippen LogP contribution in [0.2, 0.25) is 0 Å². The predicted molar refractivity (Wildman–Crippen MR) is 111 cm³/mol. The first kappa shape index (κ1) is 19.8. The van der Waals surface area contributed by atoms with E-state index in [4.69, 9.17) is 0 Å². The van der Waals surface area contributed by atoms with Crippen molar-refractivity contribution in [3.63, 3.8) is 0 Å². The van der Waals surface area contributed by atoms with Crippen LogP contribution in [0.15, 0.2) is 30.7 Å². The molecule has 1 unspecified atom stereocenters. The average molecular weight is 399 g/mol. The van der Waals surface area contributed by atoms with E-state index in [-0.39, 0.29) is 5.91 Å². The quantitative estimate of drug-likeness (QED) is 0.658. The second-order valence-electron chi connectivity index (χ2n) is 7.67. The molecule has 2 N–H and O–H groups in total. The molecule has 156 valence electrons. The Morgan fingerprint density at radius 1 is 1.21 bits per heavy atom. The van der Waals surface area contributed by atoms with Gasteiger partial charge in [0, 0.05) is 57.9 Å². The fraction of sp³-hybridized carbons (Fsp3) is 0.600. The van der Waals surface area contributed by atoms with Crippen molar-refractivity contribution in [1.82, 2.24) is 35.3 Å². The van der Waals surface area contributed by atoms with Gasteiger partial charge in [-0.15, -0.1) is 0 Å². The van der Waals surface area contributed by atoms with Gasteiger partial charge in [0.15, 0.2) is 0 Å². The van der Waals surface area contributed by atoms with Gasteiger partial charge in [-0.2, -0.15) is 5.10 Å². The zero-order chi connectivity index (χ0) is 19.9. The van der Waals surface area contributed by atoms with Crippen LogP contribution in [-0.4, -0.2) is 82.9 Å². The van der Waals surface area contributed by atoms with Gasteiger partial charge in [-0.05, 0) is 44.5 Å². The summed E-state index contributed by atoms with van der Waals surface area (Å²) in [5.41, 5.74) is 0.507. The Bertz CT molecular complexity index is 766. The Labute approximate surface area is 171 Å². The fourth-order valence-electron chi connectivity index (χ4n) is 3.94. The third-order valence-corrected chi connectivity index (χ3v) is 5.63. The monoisotopic (exact) mass is 398 g/mol. The molecular formula is C20H30N8O. The van der Waals surface area contributed by atoms with E-state index in [0.29, 0.717) is 18.3 Å². The lowest BCUT2D eigenvalue weighted by atomic mass is 10.1. The van der Waals surface area contributed by atoms with Gasteiger partial charge in [-0.25, -0.2) is 9.97 Å². The topological polar surface area (TPSA) is 91.2 Å². The largest absolute Gasteiger partial charge is 0.351 e. The van der Waals surface area contributed by atoms with Gasteiger partial charge >= 0.3 is 0 Å². The van der Waals surface area contributed by atoms with Crippen LogP contribution < -0.4 is 15.5 Å². The van der Waals surface area contributed by atoms with E-state index >= 15 is 0 Å². The third kappa shape index (κ3) is 5.30. The summed E-state index contributed by atoms with van der Waals surface area (Å²) in [4.78, 5) is 25.6. The van der Waals surface area contributed by atoms with E-state index in [9.17, 15) is 4.79 Å². The fourth-order valence-corrected chi connectivity index (χ4v) is 3.94. The minimum Gasteiger partial charge on any atom is -0.351 e. The summed E-state index contributed by atoms with van der Waals surface area (Å²) in [5.74, 6) is 0.724. The summed E-state index contributed by atoms with van der Waals surface area (Å²) in [5, 5.41) is 10.9. The molecular weight excluding hydrogens is 368 g/mol. The molecule has 1 amide bonds. The molecule has 2 saturated heterocycles. The summed E-state index contributed by atoms with van der Waals surface area (Å²) in [6.07, 6.45) is 8.68. The van der Waals surface area contributed by atoms with Crippen LogP contribution >= 0.6 is 0 Å². The van der Waals surface area contributed by atoms with Crippen LogP contribution in [0.3, 0.4) is 0 Å².